The van der Waals surface area contributed by atoms with E-state index in [0.29, 0.717) is 11.5 Å². The molecule has 0 bridgehead atoms. The maximum absolute atomic E-state index is 12.5. The van der Waals surface area contributed by atoms with Gasteiger partial charge in [0.25, 0.3) is 5.91 Å². The van der Waals surface area contributed by atoms with Gasteiger partial charge in [0.05, 0.1) is 9.73 Å². The zero-order valence-electron chi connectivity index (χ0n) is 13.0. The Morgan fingerprint density at radius 3 is 2.56 bits per heavy atom. The molecule has 1 amide bonds. The molecule has 6 nitrogen and oxygen atoms in total. The number of aromatic nitrogens is 2. The van der Waals surface area contributed by atoms with Crippen molar-refractivity contribution in [1.29, 1.82) is 0 Å². The Hall–Kier alpha value is -2.23. The van der Waals surface area contributed by atoms with Crippen LogP contribution >= 0.6 is 0 Å². The molecule has 0 radical (unpaired) electrons. The molecule has 134 valence electrons. The van der Waals surface area contributed by atoms with Crippen LogP contribution in [0.5, 0.6) is 0 Å². The molecule has 1 aliphatic rings. The maximum atomic E-state index is 12.5. The van der Waals surface area contributed by atoms with Gasteiger partial charge in [-0.25, -0.2) is 4.21 Å². The van der Waals surface area contributed by atoms with Crippen molar-refractivity contribution in [2.24, 2.45) is 4.36 Å². The standard InChI is InChI=1S/C15H14F3N3O3S/c16-15(17,18)14-19-12(20-24-14)10-5-4-6-11(9-10)13(22)21-25(23)7-2-1-3-8-25/h4-6,9H,1-3,7-8H2. The van der Waals surface area contributed by atoms with Crippen molar-refractivity contribution in [1.82, 2.24) is 10.1 Å². The smallest absolute Gasteiger partial charge is 0.329 e. The Morgan fingerprint density at radius 2 is 1.92 bits per heavy atom. The maximum Gasteiger partial charge on any atom is 0.471 e. The number of nitrogens with zero attached hydrogens (tertiary/aromatic N) is 3. The molecule has 1 saturated heterocycles. The number of carbonyl (C=O) groups excluding carboxylic acids is 1. The van der Waals surface area contributed by atoms with Crippen LogP contribution in [0.2, 0.25) is 0 Å². The third-order valence-corrected chi connectivity index (χ3v) is 6.06. The number of carbonyl (C=O) groups is 1. The average Bonchev–Trinajstić information content (AvgIpc) is 3.05. The zero-order valence-corrected chi connectivity index (χ0v) is 13.8. The summed E-state index contributed by atoms with van der Waals surface area (Å²) in [5.41, 5.74) is 0.294. The van der Waals surface area contributed by atoms with Gasteiger partial charge in [-0.05, 0) is 25.0 Å². The van der Waals surface area contributed by atoms with E-state index in [-0.39, 0.29) is 17.0 Å². The van der Waals surface area contributed by atoms with E-state index in [4.69, 9.17) is 0 Å². The van der Waals surface area contributed by atoms with Crippen LogP contribution in [0.4, 0.5) is 13.2 Å². The minimum atomic E-state index is -4.74. The van der Waals surface area contributed by atoms with E-state index in [0.717, 1.165) is 19.3 Å². The monoisotopic (exact) mass is 373 g/mol. The first kappa shape index (κ1) is 17.6. The fraction of sp³-hybridized carbons (Fsp3) is 0.400. The molecular weight excluding hydrogens is 359 g/mol. The van der Waals surface area contributed by atoms with E-state index < -0.39 is 27.7 Å². The lowest BCUT2D eigenvalue weighted by Gasteiger charge is -2.14. The van der Waals surface area contributed by atoms with Crippen LogP contribution in [0.25, 0.3) is 11.4 Å². The summed E-state index contributed by atoms with van der Waals surface area (Å²) in [7, 11) is -2.55. The van der Waals surface area contributed by atoms with Crippen molar-refractivity contribution < 1.29 is 26.7 Å². The van der Waals surface area contributed by atoms with Crippen molar-refractivity contribution >= 4 is 15.6 Å². The van der Waals surface area contributed by atoms with Crippen LogP contribution in [0.3, 0.4) is 0 Å². The van der Waals surface area contributed by atoms with Crippen molar-refractivity contribution in [3.8, 4) is 11.4 Å². The molecule has 1 fully saturated rings. The normalized spacial score (nSPS) is 17.2. The molecule has 0 spiro atoms. The van der Waals surface area contributed by atoms with E-state index in [1.54, 1.807) is 0 Å². The van der Waals surface area contributed by atoms with Crippen LogP contribution in [0.1, 0.15) is 35.5 Å². The fourth-order valence-corrected chi connectivity index (χ4v) is 4.58. The Balaban J connectivity index is 1.89. The first-order chi connectivity index (χ1) is 11.8. The summed E-state index contributed by atoms with van der Waals surface area (Å²) in [6.45, 7) is 0. The van der Waals surface area contributed by atoms with Gasteiger partial charge in [-0.2, -0.15) is 22.5 Å². The average molecular weight is 373 g/mol. The Morgan fingerprint density at radius 1 is 1.20 bits per heavy atom. The van der Waals surface area contributed by atoms with E-state index in [1.807, 2.05) is 0 Å². The summed E-state index contributed by atoms with van der Waals surface area (Å²) in [4.78, 5) is 15.6. The number of hydrogen-bond acceptors (Lipinski definition) is 5. The highest BCUT2D eigenvalue weighted by atomic mass is 32.2. The van der Waals surface area contributed by atoms with Crippen molar-refractivity contribution in [2.45, 2.75) is 25.4 Å². The molecule has 0 aliphatic carbocycles. The number of alkyl halides is 3. The largest absolute Gasteiger partial charge is 0.471 e. The zero-order chi connectivity index (χ0) is 18.1. The van der Waals surface area contributed by atoms with Gasteiger partial charge >= 0.3 is 12.1 Å². The molecule has 0 atom stereocenters. The van der Waals surface area contributed by atoms with Gasteiger partial charge in [-0.3, -0.25) is 4.79 Å². The van der Waals surface area contributed by atoms with E-state index in [1.165, 1.54) is 24.3 Å². The number of hydrogen-bond donors (Lipinski definition) is 0. The molecule has 2 heterocycles. The van der Waals surface area contributed by atoms with Crippen LogP contribution < -0.4 is 0 Å². The van der Waals surface area contributed by atoms with Gasteiger partial charge in [-0.1, -0.05) is 23.7 Å². The van der Waals surface area contributed by atoms with Crippen LogP contribution in [0.15, 0.2) is 33.2 Å². The molecule has 2 aromatic rings. The SMILES string of the molecule is O=C(N=S1(=O)CCCCC1)c1cccc(-c2noc(C(F)(F)F)n2)c1. The van der Waals surface area contributed by atoms with Gasteiger partial charge in [0.1, 0.15) is 0 Å². The first-order valence-electron chi connectivity index (χ1n) is 7.55. The van der Waals surface area contributed by atoms with Gasteiger partial charge in [0, 0.05) is 22.6 Å². The fourth-order valence-electron chi connectivity index (χ4n) is 2.48. The summed E-state index contributed by atoms with van der Waals surface area (Å²) in [6.07, 6.45) is -2.25. The quantitative estimate of drug-likeness (QED) is 0.804. The first-order valence-corrected chi connectivity index (χ1v) is 9.40. The summed E-state index contributed by atoms with van der Waals surface area (Å²) in [6, 6.07) is 5.67. The molecule has 1 aliphatic heterocycles. The summed E-state index contributed by atoms with van der Waals surface area (Å²) in [5.74, 6) is -1.64. The lowest BCUT2D eigenvalue weighted by atomic mass is 10.1. The highest BCUT2D eigenvalue weighted by molar-refractivity contribution is 7.93. The molecule has 10 heteroatoms. The highest BCUT2D eigenvalue weighted by Crippen LogP contribution is 2.29. The second-order valence-electron chi connectivity index (χ2n) is 5.64. The van der Waals surface area contributed by atoms with E-state index in [2.05, 4.69) is 19.0 Å². The highest BCUT2D eigenvalue weighted by Gasteiger charge is 2.38. The van der Waals surface area contributed by atoms with Gasteiger partial charge < -0.3 is 4.52 Å². The lowest BCUT2D eigenvalue weighted by molar-refractivity contribution is -0.159. The topological polar surface area (TPSA) is 85.4 Å². The third-order valence-electron chi connectivity index (χ3n) is 3.71. The lowest BCUT2D eigenvalue weighted by Crippen LogP contribution is -2.18. The molecule has 0 unspecified atom stereocenters. The minimum Gasteiger partial charge on any atom is -0.329 e. The molecule has 0 saturated carbocycles. The molecule has 3 rings (SSSR count). The van der Waals surface area contributed by atoms with Gasteiger partial charge in [0.2, 0.25) is 5.82 Å². The number of rotatable bonds is 2. The third kappa shape index (κ3) is 4.06. The number of halogens is 3. The summed E-state index contributed by atoms with van der Waals surface area (Å²) < 4.78 is 58.1. The van der Waals surface area contributed by atoms with Crippen molar-refractivity contribution in [3.63, 3.8) is 0 Å². The van der Waals surface area contributed by atoms with E-state index in [9.17, 15) is 22.2 Å². The Kier molecular flexibility index (Phi) is 4.63. The van der Waals surface area contributed by atoms with E-state index >= 15 is 0 Å². The number of benzene rings is 1. The van der Waals surface area contributed by atoms with Crippen LogP contribution in [0, 0.1) is 0 Å². The van der Waals surface area contributed by atoms with Crippen LogP contribution in [-0.4, -0.2) is 31.8 Å². The molecule has 1 aromatic heterocycles. The second-order valence-corrected chi connectivity index (χ2v) is 8.18. The second kappa shape index (κ2) is 6.58. The predicted molar refractivity (Wildman–Crippen MR) is 83.2 cm³/mol. The Labute approximate surface area is 141 Å². The summed E-state index contributed by atoms with van der Waals surface area (Å²) >= 11 is 0. The number of amides is 1. The Bertz CT molecular complexity index is 902. The van der Waals surface area contributed by atoms with Crippen LogP contribution in [-0.2, 0) is 15.9 Å². The molecule has 0 N–H and O–H groups in total. The molecule has 25 heavy (non-hydrogen) atoms. The van der Waals surface area contributed by atoms with Gasteiger partial charge in [-0.15, -0.1) is 0 Å². The van der Waals surface area contributed by atoms with Gasteiger partial charge in [0.15, 0.2) is 0 Å². The molecular formula is C15H14F3N3O3S. The van der Waals surface area contributed by atoms with Crippen molar-refractivity contribution in [2.75, 3.05) is 11.5 Å². The molecule has 1 aromatic carbocycles. The predicted octanol–water partition coefficient (Wildman–Crippen LogP) is 3.55. The van der Waals surface area contributed by atoms with Crippen molar-refractivity contribution in [3.05, 3.63) is 35.7 Å². The summed E-state index contributed by atoms with van der Waals surface area (Å²) in [5, 5.41) is 3.28. The minimum absolute atomic E-state index is 0.115.